The molecule has 0 heterocycles. The Morgan fingerprint density at radius 3 is 2.45 bits per heavy atom. The molecule has 0 radical (unpaired) electrons. The van der Waals surface area contributed by atoms with Crippen LogP contribution < -0.4 is 22.1 Å². The van der Waals surface area contributed by atoms with Crippen molar-refractivity contribution < 1.29 is 9.59 Å². The van der Waals surface area contributed by atoms with E-state index in [1.807, 2.05) is 12.1 Å². The molecule has 6 N–H and O–H groups in total. The number of rotatable bonds is 6. The average Bonchev–Trinajstić information content (AvgIpc) is 2.71. The number of nitrogens with two attached hydrogens (primary N) is 2. The van der Waals surface area contributed by atoms with Gasteiger partial charge in [-0.3, -0.25) is 9.59 Å². The van der Waals surface area contributed by atoms with Gasteiger partial charge in [0.25, 0.3) is 5.91 Å². The Morgan fingerprint density at radius 2 is 1.72 bits per heavy atom. The van der Waals surface area contributed by atoms with Crippen LogP contribution in [-0.2, 0) is 24.2 Å². The maximum Gasteiger partial charge on any atom is 0.251 e. The number of benzene rings is 2. The Labute approximate surface area is 187 Å². The van der Waals surface area contributed by atoms with E-state index in [9.17, 15) is 9.59 Å². The van der Waals surface area contributed by atoms with E-state index >= 15 is 0 Å². The van der Waals surface area contributed by atoms with Crippen LogP contribution in [0.25, 0.3) is 0 Å². The lowest BCUT2D eigenvalue weighted by atomic mass is 9.90. The molecule has 2 amide bonds. The van der Waals surface area contributed by atoms with Crippen molar-refractivity contribution in [3.8, 4) is 0 Å². The predicted molar refractivity (Wildman–Crippen MR) is 125 cm³/mol. The number of guanidine groups is 1. The lowest BCUT2D eigenvalue weighted by Crippen LogP contribution is -2.33. The van der Waals surface area contributed by atoms with Gasteiger partial charge in [0.2, 0.25) is 5.91 Å². The summed E-state index contributed by atoms with van der Waals surface area (Å²) in [5.74, 6) is -0.562. The van der Waals surface area contributed by atoms with Crippen molar-refractivity contribution in [2.75, 3.05) is 11.9 Å². The van der Waals surface area contributed by atoms with E-state index in [4.69, 9.17) is 11.5 Å². The number of primary amides is 1. The number of fused-ring (bicyclic) bond motifs is 1. The molecule has 0 saturated heterocycles. The fourth-order valence-electron chi connectivity index (χ4n) is 3.28. The highest BCUT2D eigenvalue weighted by atomic mass is 127. The standard InChI is InChI=1S/C21H25N5O2.HI/c22-19(27)13-24-20(28)16-10-8-14(9-11-16)12-25-21(23)26-18-7-3-5-15-4-1-2-6-17(15)18;/h3,5,7-11H,1-2,4,6,12-13H2,(H2,22,27)(H,24,28)(H3,23,25,26);1H. The molecule has 3 rings (SSSR count). The first-order chi connectivity index (χ1) is 13.5. The molecule has 1 aliphatic rings. The number of hydrogen-bond donors (Lipinski definition) is 4. The van der Waals surface area contributed by atoms with Gasteiger partial charge in [-0.05, 0) is 60.6 Å². The van der Waals surface area contributed by atoms with Crippen LogP contribution in [0, 0.1) is 0 Å². The molecule has 0 aliphatic heterocycles. The second kappa shape index (κ2) is 10.8. The summed E-state index contributed by atoms with van der Waals surface area (Å²) in [5.41, 5.74) is 16.2. The van der Waals surface area contributed by atoms with Gasteiger partial charge < -0.3 is 22.1 Å². The van der Waals surface area contributed by atoms with Gasteiger partial charge in [-0.25, -0.2) is 4.99 Å². The quantitative estimate of drug-likeness (QED) is 0.272. The maximum atomic E-state index is 11.9. The van der Waals surface area contributed by atoms with Crippen LogP contribution in [0.4, 0.5) is 5.69 Å². The number of halogens is 1. The number of nitrogens with zero attached hydrogens (tertiary/aromatic N) is 1. The Kier molecular flexibility index (Phi) is 8.44. The molecule has 0 fully saturated rings. The van der Waals surface area contributed by atoms with Gasteiger partial charge in [-0.15, -0.1) is 24.0 Å². The van der Waals surface area contributed by atoms with Crippen LogP contribution in [-0.4, -0.2) is 24.3 Å². The molecule has 0 aromatic heterocycles. The number of hydrogen-bond acceptors (Lipinski definition) is 3. The molecule has 154 valence electrons. The van der Waals surface area contributed by atoms with E-state index < -0.39 is 5.91 Å². The highest BCUT2D eigenvalue weighted by Crippen LogP contribution is 2.27. The third-order valence-electron chi connectivity index (χ3n) is 4.73. The van der Waals surface area contributed by atoms with E-state index in [1.54, 1.807) is 24.3 Å². The fraction of sp³-hybridized carbons (Fsp3) is 0.286. The molecule has 0 atom stereocenters. The van der Waals surface area contributed by atoms with Crippen LogP contribution in [0.15, 0.2) is 47.5 Å². The minimum absolute atomic E-state index is 0. The summed E-state index contributed by atoms with van der Waals surface area (Å²) >= 11 is 0. The second-order valence-electron chi connectivity index (χ2n) is 6.82. The third kappa shape index (κ3) is 6.45. The largest absolute Gasteiger partial charge is 0.370 e. The molecule has 0 saturated carbocycles. The average molecular weight is 507 g/mol. The van der Waals surface area contributed by atoms with Crippen molar-refractivity contribution in [1.29, 1.82) is 0 Å². The molecule has 7 nitrogen and oxygen atoms in total. The molecular weight excluding hydrogens is 481 g/mol. The van der Waals surface area contributed by atoms with Crippen LogP contribution >= 0.6 is 24.0 Å². The molecule has 0 unspecified atom stereocenters. The molecule has 29 heavy (non-hydrogen) atoms. The highest BCUT2D eigenvalue weighted by Gasteiger charge is 2.13. The van der Waals surface area contributed by atoms with Crippen molar-refractivity contribution in [2.45, 2.75) is 32.2 Å². The van der Waals surface area contributed by atoms with Crippen LogP contribution in [0.5, 0.6) is 0 Å². The first-order valence-corrected chi connectivity index (χ1v) is 9.36. The molecule has 2 aromatic carbocycles. The monoisotopic (exact) mass is 507 g/mol. The van der Waals surface area contributed by atoms with Crippen molar-refractivity contribution >= 4 is 47.4 Å². The SMILES string of the molecule is I.NC(=O)CNC(=O)c1ccc(CN=C(N)Nc2cccc3c2CCCC3)cc1. The molecule has 2 aromatic rings. The Morgan fingerprint density at radius 1 is 1.00 bits per heavy atom. The smallest absolute Gasteiger partial charge is 0.251 e. The number of amides is 2. The maximum absolute atomic E-state index is 11.9. The minimum Gasteiger partial charge on any atom is -0.370 e. The van der Waals surface area contributed by atoms with Crippen molar-refractivity contribution in [1.82, 2.24) is 5.32 Å². The van der Waals surface area contributed by atoms with E-state index in [0.717, 1.165) is 24.1 Å². The zero-order chi connectivity index (χ0) is 19.9. The number of carbonyl (C=O) groups excluding carboxylic acids is 2. The number of aliphatic imine (C=N–C) groups is 1. The lowest BCUT2D eigenvalue weighted by molar-refractivity contribution is -0.117. The lowest BCUT2D eigenvalue weighted by Gasteiger charge is -2.19. The third-order valence-corrected chi connectivity index (χ3v) is 4.73. The molecule has 0 bridgehead atoms. The molecule has 8 heteroatoms. The van der Waals surface area contributed by atoms with Gasteiger partial charge in [0.1, 0.15) is 0 Å². The first-order valence-electron chi connectivity index (χ1n) is 9.36. The fourth-order valence-corrected chi connectivity index (χ4v) is 3.28. The van der Waals surface area contributed by atoms with Gasteiger partial charge in [0.05, 0.1) is 13.1 Å². The van der Waals surface area contributed by atoms with Gasteiger partial charge >= 0.3 is 0 Å². The van der Waals surface area contributed by atoms with Gasteiger partial charge in [-0.1, -0.05) is 24.3 Å². The Hall–Kier alpha value is -2.62. The number of anilines is 1. The van der Waals surface area contributed by atoms with Crippen molar-refractivity contribution in [3.63, 3.8) is 0 Å². The summed E-state index contributed by atoms with van der Waals surface area (Å²) in [6.07, 6.45) is 4.60. The summed E-state index contributed by atoms with van der Waals surface area (Å²) < 4.78 is 0. The highest BCUT2D eigenvalue weighted by molar-refractivity contribution is 14.0. The Balaban J connectivity index is 0.00000300. The van der Waals surface area contributed by atoms with Crippen LogP contribution in [0.1, 0.15) is 39.9 Å². The van der Waals surface area contributed by atoms with Crippen LogP contribution in [0.2, 0.25) is 0 Å². The zero-order valence-corrected chi connectivity index (χ0v) is 18.4. The second-order valence-corrected chi connectivity index (χ2v) is 6.82. The van der Waals surface area contributed by atoms with Gasteiger partial charge in [0, 0.05) is 11.3 Å². The number of carbonyl (C=O) groups is 2. The van der Waals surface area contributed by atoms with E-state index in [1.165, 1.54) is 24.0 Å². The molecular formula is C21H26IN5O2. The minimum atomic E-state index is -0.582. The number of aryl methyl sites for hydroxylation is 1. The number of nitrogens with one attached hydrogen (secondary N) is 2. The van der Waals surface area contributed by atoms with Crippen molar-refractivity contribution in [3.05, 3.63) is 64.7 Å². The van der Waals surface area contributed by atoms with Crippen LogP contribution in [0.3, 0.4) is 0 Å². The summed E-state index contributed by atoms with van der Waals surface area (Å²) in [6.45, 7) is 0.216. The summed E-state index contributed by atoms with van der Waals surface area (Å²) in [5, 5.41) is 5.67. The van der Waals surface area contributed by atoms with Crippen molar-refractivity contribution in [2.24, 2.45) is 16.5 Å². The van der Waals surface area contributed by atoms with E-state index in [-0.39, 0.29) is 36.4 Å². The summed E-state index contributed by atoms with van der Waals surface area (Å²) in [7, 11) is 0. The topological polar surface area (TPSA) is 123 Å². The normalized spacial score (nSPS) is 13.0. The summed E-state index contributed by atoms with van der Waals surface area (Å²) in [4.78, 5) is 27.0. The van der Waals surface area contributed by atoms with E-state index in [2.05, 4.69) is 21.7 Å². The van der Waals surface area contributed by atoms with E-state index in [0.29, 0.717) is 18.1 Å². The predicted octanol–water partition coefficient (Wildman–Crippen LogP) is 2.33. The Bertz CT molecular complexity index is 896. The molecule has 0 spiro atoms. The van der Waals surface area contributed by atoms with Gasteiger partial charge in [-0.2, -0.15) is 0 Å². The van der Waals surface area contributed by atoms with Gasteiger partial charge in [0.15, 0.2) is 5.96 Å². The first kappa shape index (κ1) is 22.7. The summed E-state index contributed by atoms with van der Waals surface area (Å²) in [6, 6.07) is 13.2. The zero-order valence-electron chi connectivity index (χ0n) is 16.1. The molecule has 1 aliphatic carbocycles.